The Morgan fingerprint density at radius 2 is 1.59 bits per heavy atom. The van der Waals surface area contributed by atoms with E-state index in [1.54, 1.807) is 54.7 Å². The predicted octanol–water partition coefficient (Wildman–Crippen LogP) is 1.41. The Morgan fingerprint density at radius 1 is 0.946 bits per heavy atom. The second kappa shape index (κ2) is 14.8. The normalized spacial score (nSPS) is 10.6. The molecule has 1 atom stereocenters. The van der Waals surface area contributed by atoms with Crippen LogP contribution in [0.4, 0.5) is 5.69 Å². The molecule has 1 aromatic heterocycles. The Morgan fingerprint density at radius 3 is 2.16 bits per heavy atom. The molecule has 3 aromatic rings. The van der Waals surface area contributed by atoms with Crippen molar-refractivity contribution in [3.63, 3.8) is 0 Å². The third-order valence-corrected chi connectivity index (χ3v) is 4.95. The summed E-state index contributed by atoms with van der Waals surface area (Å²) in [5.41, 5.74) is 10.2. The summed E-state index contributed by atoms with van der Waals surface area (Å²) in [6.07, 6.45) is 1.71. The number of benzene rings is 2. The third-order valence-electron chi connectivity index (χ3n) is 4.95. The quantitative estimate of drug-likeness (QED) is 0.147. The molecule has 0 radical (unpaired) electrons. The van der Waals surface area contributed by atoms with Gasteiger partial charge in [0.15, 0.2) is 0 Å². The molecule has 0 saturated heterocycles. The maximum Gasteiger partial charge on any atom is 0.267 e. The summed E-state index contributed by atoms with van der Waals surface area (Å²) in [5, 5.41) is 17.0. The molecule has 37 heavy (non-hydrogen) atoms. The standard InChI is InChI=1S/C26H26N6O4.CH4/c27-15-23(26(35)32-36)31-25(34)20-10-6-18(7-11-20)4-5-19-8-12-21(13-9-19)30-24(33)17-28-16-22-3-1-2-14-29-22;/h1-3,6-14,23,28,36H,15-17,27H2,(H,30,33)(H,31,34)(H,32,35);1H4/t23-;/m0./s1. The largest absolute Gasteiger partial charge is 0.339 e. The zero-order chi connectivity index (χ0) is 25.8. The number of rotatable bonds is 9. The molecular formula is C27H30N6O4. The first-order valence-electron chi connectivity index (χ1n) is 11.1. The lowest BCUT2D eigenvalue weighted by atomic mass is 10.1. The maximum absolute atomic E-state index is 12.3. The summed E-state index contributed by atoms with van der Waals surface area (Å²) in [6, 6.07) is 18.2. The highest BCUT2D eigenvalue weighted by atomic mass is 16.5. The molecule has 192 valence electrons. The Labute approximate surface area is 215 Å². The molecule has 0 aliphatic heterocycles. The summed E-state index contributed by atoms with van der Waals surface area (Å²) >= 11 is 0. The molecule has 0 spiro atoms. The minimum atomic E-state index is -1.04. The minimum absolute atomic E-state index is 0. The minimum Gasteiger partial charge on any atom is -0.339 e. The van der Waals surface area contributed by atoms with Gasteiger partial charge in [0.25, 0.3) is 11.8 Å². The lowest BCUT2D eigenvalue weighted by Gasteiger charge is -2.14. The smallest absolute Gasteiger partial charge is 0.267 e. The van der Waals surface area contributed by atoms with E-state index in [0.717, 1.165) is 11.3 Å². The number of pyridine rings is 1. The molecule has 3 rings (SSSR count). The molecule has 0 aliphatic rings. The molecule has 7 N–H and O–H groups in total. The van der Waals surface area contributed by atoms with Crippen LogP contribution in [0.15, 0.2) is 72.9 Å². The first-order valence-corrected chi connectivity index (χ1v) is 11.1. The maximum atomic E-state index is 12.3. The fourth-order valence-corrected chi connectivity index (χ4v) is 3.05. The van der Waals surface area contributed by atoms with Crippen molar-refractivity contribution in [2.75, 3.05) is 18.4 Å². The molecule has 0 saturated carbocycles. The lowest BCUT2D eigenvalue weighted by Crippen LogP contribution is -2.50. The van der Waals surface area contributed by atoms with Crippen LogP contribution in [0.2, 0.25) is 0 Å². The molecule has 1 heterocycles. The van der Waals surface area contributed by atoms with E-state index in [9.17, 15) is 14.4 Å². The highest BCUT2D eigenvalue weighted by Gasteiger charge is 2.19. The Kier molecular flexibility index (Phi) is 11.4. The van der Waals surface area contributed by atoms with Gasteiger partial charge in [0.1, 0.15) is 6.04 Å². The van der Waals surface area contributed by atoms with Gasteiger partial charge < -0.3 is 21.7 Å². The molecule has 0 unspecified atom stereocenters. The Bertz CT molecular complexity index is 1240. The van der Waals surface area contributed by atoms with Gasteiger partial charge in [0.2, 0.25) is 5.91 Å². The van der Waals surface area contributed by atoms with E-state index in [1.807, 2.05) is 18.2 Å². The van der Waals surface area contributed by atoms with Gasteiger partial charge in [-0.25, -0.2) is 5.48 Å². The number of carbonyl (C=O) groups excluding carboxylic acids is 3. The van der Waals surface area contributed by atoms with Crippen LogP contribution in [0.25, 0.3) is 0 Å². The van der Waals surface area contributed by atoms with Crippen molar-refractivity contribution in [2.24, 2.45) is 5.73 Å². The van der Waals surface area contributed by atoms with Crippen LogP contribution in [0.5, 0.6) is 0 Å². The number of aromatic nitrogens is 1. The summed E-state index contributed by atoms with van der Waals surface area (Å²) in [4.78, 5) is 40.0. The van der Waals surface area contributed by atoms with Crippen LogP contribution in [-0.4, -0.2) is 47.0 Å². The SMILES string of the molecule is C.NC[C@H](NC(=O)c1ccc(C#Cc2ccc(NC(=O)CNCc3ccccn3)cc2)cc1)C(=O)NO. The van der Waals surface area contributed by atoms with E-state index in [1.165, 1.54) is 5.48 Å². The molecule has 0 fully saturated rings. The first kappa shape index (κ1) is 28.7. The van der Waals surface area contributed by atoms with Gasteiger partial charge >= 0.3 is 0 Å². The number of hydrogen-bond acceptors (Lipinski definition) is 7. The fraction of sp³-hybridized carbons (Fsp3) is 0.185. The lowest BCUT2D eigenvalue weighted by molar-refractivity contribution is -0.130. The molecule has 0 aliphatic carbocycles. The van der Waals surface area contributed by atoms with Crippen LogP contribution < -0.4 is 27.2 Å². The van der Waals surface area contributed by atoms with Gasteiger partial charge in [0.05, 0.1) is 12.2 Å². The zero-order valence-electron chi connectivity index (χ0n) is 19.3. The predicted molar refractivity (Wildman–Crippen MR) is 140 cm³/mol. The summed E-state index contributed by atoms with van der Waals surface area (Å²) in [7, 11) is 0. The number of nitrogens with one attached hydrogen (secondary N) is 4. The average molecular weight is 503 g/mol. The second-order valence-corrected chi connectivity index (χ2v) is 7.62. The third kappa shape index (κ3) is 9.19. The Hall–Kier alpha value is -4.56. The van der Waals surface area contributed by atoms with E-state index in [0.29, 0.717) is 23.4 Å². The molecule has 2 aromatic carbocycles. The highest BCUT2D eigenvalue weighted by Crippen LogP contribution is 2.09. The Balaban J connectivity index is 0.00000481. The van der Waals surface area contributed by atoms with Crippen LogP contribution in [0.3, 0.4) is 0 Å². The number of amides is 3. The van der Waals surface area contributed by atoms with Crippen LogP contribution >= 0.6 is 0 Å². The van der Waals surface area contributed by atoms with Gasteiger partial charge in [0, 0.05) is 41.7 Å². The van der Waals surface area contributed by atoms with Crippen molar-refractivity contribution in [1.82, 2.24) is 21.1 Å². The number of nitrogens with two attached hydrogens (primary N) is 1. The van der Waals surface area contributed by atoms with Crippen LogP contribution in [-0.2, 0) is 16.1 Å². The molecule has 0 bridgehead atoms. The van der Waals surface area contributed by atoms with Crippen molar-refractivity contribution in [1.29, 1.82) is 0 Å². The number of anilines is 1. The van der Waals surface area contributed by atoms with Gasteiger partial charge in [-0.2, -0.15) is 0 Å². The van der Waals surface area contributed by atoms with Gasteiger partial charge in [-0.3, -0.25) is 24.6 Å². The summed E-state index contributed by atoms with van der Waals surface area (Å²) in [6.45, 7) is 0.504. The number of carbonyl (C=O) groups is 3. The van der Waals surface area contributed by atoms with E-state index < -0.39 is 17.9 Å². The summed E-state index contributed by atoms with van der Waals surface area (Å²) in [5.74, 6) is 4.57. The van der Waals surface area contributed by atoms with E-state index >= 15 is 0 Å². The molecular weight excluding hydrogens is 472 g/mol. The molecule has 10 heteroatoms. The van der Waals surface area contributed by atoms with E-state index in [2.05, 4.69) is 32.8 Å². The van der Waals surface area contributed by atoms with Crippen LogP contribution in [0.1, 0.15) is 34.6 Å². The topological polar surface area (TPSA) is 158 Å². The van der Waals surface area contributed by atoms with E-state index in [4.69, 9.17) is 10.9 Å². The van der Waals surface area contributed by atoms with Gasteiger partial charge in [-0.15, -0.1) is 0 Å². The molecule has 3 amide bonds. The number of hydroxylamine groups is 1. The van der Waals surface area contributed by atoms with E-state index in [-0.39, 0.29) is 26.4 Å². The monoisotopic (exact) mass is 502 g/mol. The first-order chi connectivity index (χ1) is 17.5. The number of nitrogens with zero attached hydrogens (tertiary/aromatic N) is 1. The fourth-order valence-electron chi connectivity index (χ4n) is 3.05. The van der Waals surface area contributed by atoms with Crippen molar-refractivity contribution in [2.45, 2.75) is 20.0 Å². The number of hydrogen-bond donors (Lipinski definition) is 6. The van der Waals surface area contributed by atoms with Crippen molar-refractivity contribution < 1.29 is 19.6 Å². The average Bonchev–Trinajstić information content (AvgIpc) is 2.91. The second-order valence-electron chi connectivity index (χ2n) is 7.62. The van der Waals surface area contributed by atoms with Gasteiger partial charge in [-0.1, -0.05) is 25.3 Å². The van der Waals surface area contributed by atoms with Crippen molar-refractivity contribution >= 4 is 23.4 Å². The van der Waals surface area contributed by atoms with Crippen molar-refractivity contribution in [3.8, 4) is 11.8 Å². The summed E-state index contributed by atoms with van der Waals surface area (Å²) < 4.78 is 0. The van der Waals surface area contributed by atoms with Crippen LogP contribution in [0, 0.1) is 11.8 Å². The van der Waals surface area contributed by atoms with Gasteiger partial charge in [-0.05, 0) is 60.7 Å². The molecule has 10 nitrogen and oxygen atoms in total. The van der Waals surface area contributed by atoms with Crippen molar-refractivity contribution in [3.05, 3.63) is 95.3 Å². The highest BCUT2D eigenvalue weighted by molar-refractivity contribution is 5.97. The zero-order valence-corrected chi connectivity index (χ0v) is 19.3.